The number of thiazole rings is 1. The van der Waals surface area contributed by atoms with Gasteiger partial charge in [0.1, 0.15) is 11.2 Å². The molecule has 3 heterocycles. The van der Waals surface area contributed by atoms with Crippen LogP contribution in [0.25, 0.3) is 15.9 Å². The Morgan fingerprint density at radius 3 is 2.26 bits per heavy atom. The molecular weight excluding hydrogens is 570 g/mol. The summed E-state index contributed by atoms with van der Waals surface area (Å²) in [7, 11) is 0. The van der Waals surface area contributed by atoms with Crippen molar-refractivity contribution in [2.24, 2.45) is 5.92 Å². The number of benzene rings is 1. The predicted molar refractivity (Wildman–Crippen MR) is 166 cm³/mol. The predicted octanol–water partition coefficient (Wildman–Crippen LogP) is 6.52. The molecule has 0 spiro atoms. The van der Waals surface area contributed by atoms with Crippen LogP contribution in [-0.2, 0) is 19.1 Å². The van der Waals surface area contributed by atoms with E-state index in [-0.39, 0.29) is 17.4 Å². The number of hydrogen-bond acceptors (Lipinski definition) is 9. The quantitative estimate of drug-likeness (QED) is 0.333. The number of carbonyl (C=O) groups excluding carboxylic acids is 4. The number of carbonyl (C=O) groups is 4. The summed E-state index contributed by atoms with van der Waals surface area (Å²) in [5.74, 6) is -1.43. The van der Waals surface area contributed by atoms with E-state index in [2.05, 4.69) is 15.3 Å². The zero-order valence-corrected chi connectivity index (χ0v) is 26.5. The number of aromatic nitrogens is 2. The minimum absolute atomic E-state index is 0.0275. The zero-order chi connectivity index (χ0) is 31.7. The van der Waals surface area contributed by atoms with Crippen LogP contribution in [0, 0.1) is 12.8 Å². The maximum atomic E-state index is 13.5. The first kappa shape index (κ1) is 31.6. The van der Waals surface area contributed by atoms with Crippen LogP contribution < -0.4 is 10.2 Å². The first-order valence-electron chi connectivity index (χ1n) is 13.9. The van der Waals surface area contributed by atoms with Crippen LogP contribution in [-0.4, -0.2) is 56.6 Å². The number of ether oxygens (including phenoxy) is 2. The van der Waals surface area contributed by atoms with Crippen LogP contribution in [0.15, 0.2) is 42.0 Å². The molecule has 0 saturated heterocycles. The van der Waals surface area contributed by atoms with Gasteiger partial charge in [0.15, 0.2) is 5.82 Å². The van der Waals surface area contributed by atoms with Gasteiger partial charge in [-0.1, -0.05) is 19.1 Å². The Kier molecular flexibility index (Phi) is 8.91. The van der Waals surface area contributed by atoms with Crippen molar-refractivity contribution in [3.63, 3.8) is 0 Å². The molecule has 2 aromatic heterocycles. The van der Waals surface area contributed by atoms with Crippen LogP contribution in [0.3, 0.4) is 0 Å². The third kappa shape index (κ3) is 7.75. The largest absolute Gasteiger partial charge is 0.443 e. The first-order valence-corrected chi connectivity index (χ1v) is 14.8. The number of imide groups is 1. The maximum Gasteiger partial charge on any atom is 0.425 e. The molecule has 4 rings (SSSR count). The molecule has 0 bridgehead atoms. The summed E-state index contributed by atoms with van der Waals surface area (Å²) < 4.78 is 11.9. The summed E-state index contributed by atoms with van der Waals surface area (Å²) >= 11 is 1.53. The highest BCUT2D eigenvalue weighted by Gasteiger charge is 2.35. The molecule has 43 heavy (non-hydrogen) atoms. The summed E-state index contributed by atoms with van der Waals surface area (Å²) in [5, 5.41) is 2.61. The Morgan fingerprint density at radius 1 is 1.00 bits per heavy atom. The van der Waals surface area contributed by atoms with E-state index in [4.69, 9.17) is 9.47 Å². The van der Waals surface area contributed by atoms with E-state index in [1.807, 2.05) is 31.2 Å². The Bertz CT molecular complexity index is 1570. The molecule has 3 aromatic rings. The molecule has 4 amide bonds. The van der Waals surface area contributed by atoms with Gasteiger partial charge in [-0.25, -0.2) is 19.6 Å². The van der Waals surface area contributed by atoms with Gasteiger partial charge in [-0.2, -0.15) is 4.90 Å². The second-order valence-electron chi connectivity index (χ2n) is 12.5. The fourth-order valence-electron chi connectivity index (χ4n) is 4.43. The summed E-state index contributed by atoms with van der Waals surface area (Å²) in [6.07, 6.45) is 2.08. The Balaban J connectivity index is 1.56. The lowest BCUT2D eigenvalue weighted by atomic mass is 9.97. The lowest BCUT2D eigenvalue weighted by molar-refractivity contribution is -0.141. The standard InChI is InChI=1S/C31H37N5O6S/c1-18-9-11-23(20-10-12-24-22(14-20)33-17-43-24)35(16-18)27(38)26(37)34-21-13-19(2)25(32-15-21)36(28(39)41-30(3,4)5)29(40)42-31(6,7)8/h10-15,17-18H,9,16H2,1-8H3,(H,34,37). The van der Waals surface area contributed by atoms with Crippen molar-refractivity contribution in [1.29, 1.82) is 0 Å². The molecule has 0 fully saturated rings. The SMILES string of the molecule is Cc1cc(NC(=O)C(=O)N2CC(C)CC=C2c2ccc3scnc3c2)cnc1N(C(=O)OC(C)(C)C)C(=O)OC(C)(C)C. The van der Waals surface area contributed by atoms with Gasteiger partial charge < -0.3 is 19.7 Å². The number of nitrogens with one attached hydrogen (secondary N) is 1. The van der Waals surface area contributed by atoms with E-state index in [0.717, 1.165) is 22.2 Å². The van der Waals surface area contributed by atoms with Crippen molar-refractivity contribution < 1.29 is 28.7 Å². The van der Waals surface area contributed by atoms with E-state index in [1.165, 1.54) is 28.5 Å². The van der Waals surface area contributed by atoms with Gasteiger partial charge in [-0.3, -0.25) is 9.59 Å². The highest BCUT2D eigenvalue weighted by atomic mass is 32.1. The van der Waals surface area contributed by atoms with Crippen LogP contribution in [0.5, 0.6) is 0 Å². The van der Waals surface area contributed by atoms with Crippen LogP contribution in [0.4, 0.5) is 21.1 Å². The van der Waals surface area contributed by atoms with E-state index in [1.54, 1.807) is 54.0 Å². The molecule has 1 aliphatic rings. The molecule has 0 radical (unpaired) electrons. The summed E-state index contributed by atoms with van der Waals surface area (Å²) in [6.45, 7) is 14.1. The monoisotopic (exact) mass is 607 g/mol. The van der Waals surface area contributed by atoms with Gasteiger partial charge in [0, 0.05) is 17.8 Å². The molecule has 1 aromatic carbocycles. The third-order valence-corrected chi connectivity index (χ3v) is 7.05. The molecule has 1 unspecified atom stereocenters. The number of rotatable bonds is 3. The van der Waals surface area contributed by atoms with E-state index >= 15 is 0 Å². The van der Waals surface area contributed by atoms with E-state index in [0.29, 0.717) is 22.7 Å². The molecule has 12 heteroatoms. The summed E-state index contributed by atoms with van der Waals surface area (Å²) in [6, 6.07) is 7.31. The van der Waals surface area contributed by atoms with Crippen molar-refractivity contribution in [2.45, 2.75) is 73.0 Å². The minimum Gasteiger partial charge on any atom is -0.443 e. The average Bonchev–Trinajstić information content (AvgIpc) is 3.35. The molecule has 1 aliphatic heterocycles. The number of hydrogen-bond donors (Lipinski definition) is 1. The lowest BCUT2D eigenvalue weighted by Gasteiger charge is -2.32. The molecule has 0 aliphatic carbocycles. The van der Waals surface area contributed by atoms with Crippen molar-refractivity contribution in [3.8, 4) is 0 Å². The van der Waals surface area contributed by atoms with Crippen molar-refractivity contribution >= 4 is 62.8 Å². The van der Waals surface area contributed by atoms with Gasteiger partial charge >= 0.3 is 24.0 Å². The smallest absolute Gasteiger partial charge is 0.425 e. The number of fused-ring (bicyclic) bond motifs is 1. The Morgan fingerprint density at radius 2 is 1.65 bits per heavy atom. The minimum atomic E-state index is -0.960. The number of nitrogens with zero attached hydrogens (tertiary/aromatic N) is 4. The van der Waals surface area contributed by atoms with Crippen molar-refractivity contribution in [1.82, 2.24) is 14.9 Å². The second-order valence-corrected chi connectivity index (χ2v) is 13.4. The number of pyridine rings is 1. The van der Waals surface area contributed by atoms with Crippen LogP contribution in [0.1, 0.15) is 66.0 Å². The number of amides is 4. The zero-order valence-electron chi connectivity index (χ0n) is 25.7. The van der Waals surface area contributed by atoms with E-state index in [9.17, 15) is 19.2 Å². The van der Waals surface area contributed by atoms with Crippen LogP contribution in [0.2, 0.25) is 0 Å². The van der Waals surface area contributed by atoms with Crippen molar-refractivity contribution in [2.75, 3.05) is 16.8 Å². The fourth-order valence-corrected chi connectivity index (χ4v) is 5.09. The molecule has 228 valence electrons. The number of aryl methyl sites for hydroxylation is 1. The van der Waals surface area contributed by atoms with Crippen LogP contribution >= 0.6 is 11.3 Å². The van der Waals surface area contributed by atoms with Gasteiger partial charge in [0.05, 0.1) is 27.6 Å². The van der Waals surface area contributed by atoms with Gasteiger partial charge in [0.2, 0.25) is 0 Å². The highest BCUT2D eigenvalue weighted by molar-refractivity contribution is 7.16. The normalized spacial score (nSPS) is 15.5. The fraction of sp³-hybridized carbons (Fsp3) is 0.419. The summed E-state index contributed by atoms with van der Waals surface area (Å²) in [5.41, 5.74) is 2.87. The molecule has 11 nitrogen and oxygen atoms in total. The third-order valence-electron chi connectivity index (χ3n) is 6.24. The second kappa shape index (κ2) is 12.1. The lowest BCUT2D eigenvalue weighted by Crippen LogP contribution is -2.44. The average molecular weight is 608 g/mol. The summed E-state index contributed by atoms with van der Waals surface area (Å²) in [4.78, 5) is 63.6. The number of anilines is 2. The topological polar surface area (TPSA) is 131 Å². The maximum absolute atomic E-state index is 13.5. The number of allylic oxidation sites excluding steroid dienone is 1. The van der Waals surface area contributed by atoms with Gasteiger partial charge in [-0.15, -0.1) is 11.3 Å². The first-order chi connectivity index (χ1) is 20.0. The molecular formula is C31H37N5O6S. The molecule has 1 atom stereocenters. The molecule has 1 N–H and O–H groups in total. The van der Waals surface area contributed by atoms with E-state index < -0.39 is 35.2 Å². The molecule has 0 saturated carbocycles. The Hall–Kier alpha value is -4.32. The van der Waals surface area contributed by atoms with Gasteiger partial charge in [0.25, 0.3) is 0 Å². The highest BCUT2D eigenvalue weighted by Crippen LogP contribution is 2.31. The van der Waals surface area contributed by atoms with Crippen molar-refractivity contribution in [3.05, 3.63) is 53.2 Å². The Labute approximate surface area is 254 Å². The van der Waals surface area contributed by atoms with Gasteiger partial charge in [-0.05, 0) is 84.6 Å².